The lowest BCUT2D eigenvalue weighted by Gasteiger charge is -2.31. The van der Waals surface area contributed by atoms with Crippen molar-refractivity contribution in [3.05, 3.63) is 30.1 Å². The zero-order valence-electron chi connectivity index (χ0n) is 12.6. The molecule has 1 aliphatic rings. The first-order valence-electron chi connectivity index (χ1n) is 7.04. The molecule has 1 aromatic carbocycles. The molecule has 0 radical (unpaired) electrons. The fraction of sp³-hybridized carbons (Fsp3) is 0.500. The summed E-state index contributed by atoms with van der Waals surface area (Å²) in [5.74, 6) is -0.760. The largest absolute Gasteiger partial charge is 0.289 e. The van der Waals surface area contributed by atoms with Crippen LogP contribution >= 0.6 is 0 Å². The summed E-state index contributed by atoms with van der Waals surface area (Å²) in [6.07, 6.45) is 0.945. The second kappa shape index (κ2) is 6.72. The topological polar surface area (TPSA) is 69.7 Å². The average molecular weight is 329 g/mol. The monoisotopic (exact) mass is 329 g/mol. The van der Waals surface area contributed by atoms with Gasteiger partial charge >= 0.3 is 0 Å². The number of carbonyl (C=O) groups excluding carboxylic acids is 1. The molecule has 1 fully saturated rings. The third-order valence-corrected chi connectivity index (χ3v) is 5.52. The Morgan fingerprint density at radius 2 is 1.77 bits per heavy atom. The number of hydrogen-bond donors (Lipinski definition) is 1. The van der Waals surface area contributed by atoms with Crippen LogP contribution in [-0.4, -0.2) is 50.8 Å². The highest BCUT2D eigenvalue weighted by atomic mass is 32.2. The molecule has 1 heterocycles. The molecule has 1 aliphatic heterocycles. The number of sulfonamides is 1. The van der Waals surface area contributed by atoms with E-state index in [9.17, 15) is 17.6 Å². The van der Waals surface area contributed by atoms with Gasteiger partial charge in [0.1, 0.15) is 5.82 Å². The van der Waals surface area contributed by atoms with Gasteiger partial charge in [-0.2, -0.15) is 4.31 Å². The summed E-state index contributed by atoms with van der Waals surface area (Å²) in [6, 6.07) is 4.78. The Bertz CT molecular complexity index is 623. The minimum absolute atomic E-state index is 0.0742. The number of amides is 1. The molecule has 0 bridgehead atoms. The van der Waals surface area contributed by atoms with Gasteiger partial charge in [0.15, 0.2) is 0 Å². The number of benzene rings is 1. The van der Waals surface area contributed by atoms with Crippen LogP contribution in [0.25, 0.3) is 0 Å². The second-order valence-electron chi connectivity index (χ2n) is 5.50. The third-order valence-electron chi connectivity index (χ3n) is 3.61. The zero-order chi connectivity index (χ0) is 16.3. The van der Waals surface area contributed by atoms with Crippen molar-refractivity contribution in [3.63, 3.8) is 0 Å². The van der Waals surface area contributed by atoms with Crippen molar-refractivity contribution in [1.82, 2.24) is 14.7 Å². The van der Waals surface area contributed by atoms with Crippen LogP contribution in [0.3, 0.4) is 0 Å². The van der Waals surface area contributed by atoms with E-state index in [4.69, 9.17) is 0 Å². The Balaban J connectivity index is 2.01. The molecule has 1 aromatic rings. The number of carbonyl (C=O) groups is 1. The van der Waals surface area contributed by atoms with Crippen molar-refractivity contribution in [2.24, 2.45) is 5.92 Å². The first-order valence-corrected chi connectivity index (χ1v) is 8.48. The number of rotatable bonds is 4. The van der Waals surface area contributed by atoms with Crippen LogP contribution < -0.4 is 5.43 Å². The summed E-state index contributed by atoms with van der Waals surface area (Å²) < 4.78 is 39.1. The molecule has 0 aromatic heterocycles. The lowest BCUT2D eigenvalue weighted by molar-refractivity contribution is -0.130. The van der Waals surface area contributed by atoms with E-state index in [-0.39, 0.29) is 29.8 Å². The molecule has 6 nitrogen and oxygen atoms in total. The van der Waals surface area contributed by atoms with E-state index in [0.717, 1.165) is 12.1 Å². The van der Waals surface area contributed by atoms with Crippen molar-refractivity contribution in [1.29, 1.82) is 0 Å². The number of hydrogen-bond acceptors (Lipinski definition) is 4. The van der Waals surface area contributed by atoms with E-state index in [0.29, 0.717) is 12.8 Å². The van der Waals surface area contributed by atoms with E-state index in [2.05, 4.69) is 5.43 Å². The quantitative estimate of drug-likeness (QED) is 0.831. The van der Waals surface area contributed by atoms with Crippen molar-refractivity contribution < 1.29 is 17.6 Å². The molecule has 22 heavy (non-hydrogen) atoms. The van der Waals surface area contributed by atoms with Gasteiger partial charge in [0.05, 0.1) is 4.90 Å². The summed E-state index contributed by atoms with van der Waals surface area (Å²) >= 11 is 0. The molecule has 1 N–H and O–H groups in total. The van der Waals surface area contributed by atoms with Crippen LogP contribution in [0.2, 0.25) is 0 Å². The summed E-state index contributed by atoms with van der Waals surface area (Å²) in [6.45, 7) is 0.566. The SMILES string of the molecule is CN(C)NC(=O)C1CCN(S(=O)(=O)c2ccc(F)cc2)CC1. The number of piperidine rings is 1. The van der Waals surface area contributed by atoms with Gasteiger partial charge in [-0.25, -0.2) is 17.8 Å². The van der Waals surface area contributed by atoms with Crippen LogP contribution in [0, 0.1) is 11.7 Å². The normalized spacial score (nSPS) is 17.6. The molecule has 0 spiro atoms. The number of nitrogens with zero attached hydrogens (tertiary/aromatic N) is 2. The van der Waals surface area contributed by atoms with E-state index < -0.39 is 15.8 Å². The number of hydrazine groups is 1. The highest BCUT2D eigenvalue weighted by molar-refractivity contribution is 7.89. The maximum atomic E-state index is 12.9. The van der Waals surface area contributed by atoms with Crippen LogP contribution in [0.1, 0.15) is 12.8 Å². The standard InChI is InChI=1S/C14H20FN3O3S/c1-17(2)16-14(19)11-7-9-18(10-8-11)22(20,21)13-5-3-12(15)4-6-13/h3-6,11H,7-10H2,1-2H3,(H,16,19). The zero-order valence-corrected chi connectivity index (χ0v) is 13.4. The predicted octanol–water partition coefficient (Wildman–Crippen LogP) is 0.819. The molecule has 0 saturated carbocycles. The summed E-state index contributed by atoms with van der Waals surface area (Å²) in [7, 11) is -0.170. The molecule has 0 aliphatic carbocycles. The van der Waals surface area contributed by atoms with E-state index in [1.54, 1.807) is 19.1 Å². The Morgan fingerprint density at radius 3 is 2.27 bits per heavy atom. The lowest BCUT2D eigenvalue weighted by atomic mass is 9.98. The van der Waals surface area contributed by atoms with Gasteiger partial charge in [-0.05, 0) is 37.1 Å². The molecule has 0 atom stereocenters. The van der Waals surface area contributed by atoms with Crippen molar-refractivity contribution in [3.8, 4) is 0 Å². The maximum Gasteiger partial charge on any atom is 0.243 e. The molecule has 122 valence electrons. The number of halogens is 1. The smallest absolute Gasteiger partial charge is 0.243 e. The van der Waals surface area contributed by atoms with Crippen LogP contribution in [0.4, 0.5) is 4.39 Å². The van der Waals surface area contributed by atoms with Crippen molar-refractivity contribution >= 4 is 15.9 Å². The van der Waals surface area contributed by atoms with Gasteiger partial charge in [0.25, 0.3) is 0 Å². The van der Waals surface area contributed by atoms with Gasteiger partial charge in [-0.15, -0.1) is 0 Å². The summed E-state index contributed by atoms with van der Waals surface area (Å²) in [5.41, 5.74) is 2.69. The van der Waals surface area contributed by atoms with E-state index >= 15 is 0 Å². The Hall–Kier alpha value is -1.51. The fourth-order valence-corrected chi connectivity index (χ4v) is 3.90. The van der Waals surface area contributed by atoms with Gasteiger partial charge < -0.3 is 0 Å². The van der Waals surface area contributed by atoms with E-state index in [1.165, 1.54) is 16.4 Å². The minimum Gasteiger partial charge on any atom is -0.289 e. The molecule has 1 saturated heterocycles. The fourth-order valence-electron chi connectivity index (χ4n) is 2.43. The third kappa shape index (κ3) is 3.82. The van der Waals surface area contributed by atoms with Gasteiger partial charge in [0.2, 0.25) is 15.9 Å². The van der Waals surface area contributed by atoms with Gasteiger partial charge in [-0.1, -0.05) is 0 Å². The predicted molar refractivity (Wildman–Crippen MR) is 79.7 cm³/mol. The summed E-state index contributed by atoms with van der Waals surface area (Å²) in [5, 5.41) is 1.57. The van der Waals surface area contributed by atoms with Crippen LogP contribution in [-0.2, 0) is 14.8 Å². The Labute approximate surface area is 129 Å². The minimum atomic E-state index is -3.63. The van der Waals surface area contributed by atoms with E-state index in [1.807, 2.05) is 0 Å². The maximum absolute atomic E-state index is 12.9. The highest BCUT2D eigenvalue weighted by Crippen LogP contribution is 2.24. The molecular formula is C14H20FN3O3S. The Kier molecular flexibility index (Phi) is 5.15. The Morgan fingerprint density at radius 1 is 1.23 bits per heavy atom. The lowest BCUT2D eigenvalue weighted by Crippen LogP contribution is -2.46. The molecule has 2 rings (SSSR count). The summed E-state index contributed by atoms with van der Waals surface area (Å²) in [4.78, 5) is 12.0. The first kappa shape index (κ1) is 16.9. The second-order valence-corrected chi connectivity index (χ2v) is 7.44. The molecule has 0 unspecified atom stereocenters. The molecular weight excluding hydrogens is 309 g/mol. The number of nitrogens with one attached hydrogen (secondary N) is 1. The molecule has 1 amide bonds. The average Bonchev–Trinajstić information content (AvgIpc) is 2.47. The molecule has 8 heteroatoms. The van der Waals surface area contributed by atoms with Gasteiger partial charge in [0, 0.05) is 33.1 Å². The van der Waals surface area contributed by atoms with Gasteiger partial charge in [-0.3, -0.25) is 10.2 Å². The highest BCUT2D eigenvalue weighted by Gasteiger charge is 2.32. The van der Waals surface area contributed by atoms with Crippen molar-refractivity contribution in [2.75, 3.05) is 27.2 Å². The first-order chi connectivity index (χ1) is 10.3. The van der Waals surface area contributed by atoms with Crippen molar-refractivity contribution in [2.45, 2.75) is 17.7 Å². The van der Waals surface area contributed by atoms with Crippen LogP contribution in [0.5, 0.6) is 0 Å². The van der Waals surface area contributed by atoms with Crippen LogP contribution in [0.15, 0.2) is 29.2 Å².